The van der Waals surface area contributed by atoms with E-state index in [0.717, 1.165) is 0 Å². The SMILES string of the molecule is CC(=O)OCOc1ccc(OCOC(C)=O)cc1. The zero-order chi connectivity index (χ0) is 13.4. The molecule has 1 rings (SSSR count). The second-order valence-corrected chi connectivity index (χ2v) is 3.27. The maximum atomic E-state index is 10.5. The fourth-order valence-corrected chi connectivity index (χ4v) is 0.993. The van der Waals surface area contributed by atoms with Crippen LogP contribution in [0.1, 0.15) is 13.8 Å². The summed E-state index contributed by atoms with van der Waals surface area (Å²) in [6, 6.07) is 6.58. The van der Waals surface area contributed by atoms with Gasteiger partial charge in [-0.05, 0) is 24.3 Å². The molecular weight excluding hydrogens is 240 g/mol. The molecule has 0 amide bonds. The largest absolute Gasteiger partial charge is 0.457 e. The average molecular weight is 254 g/mol. The highest BCUT2D eigenvalue weighted by atomic mass is 16.7. The Hall–Kier alpha value is -2.24. The maximum Gasteiger partial charge on any atom is 0.305 e. The van der Waals surface area contributed by atoms with E-state index in [1.165, 1.54) is 13.8 Å². The lowest BCUT2D eigenvalue weighted by Gasteiger charge is -2.08. The number of carbonyl (C=O) groups excluding carboxylic acids is 2. The number of rotatable bonds is 6. The van der Waals surface area contributed by atoms with E-state index in [4.69, 9.17) is 9.47 Å². The third kappa shape index (κ3) is 5.74. The lowest BCUT2D eigenvalue weighted by atomic mass is 10.3. The molecule has 0 aliphatic heterocycles. The summed E-state index contributed by atoms with van der Waals surface area (Å²) in [5.41, 5.74) is 0. The predicted octanol–water partition coefficient (Wildman–Crippen LogP) is 1.49. The summed E-state index contributed by atoms with van der Waals surface area (Å²) in [7, 11) is 0. The average Bonchev–Trinajstić information content (AvgIpc) is 2.30. The van der Waals surface area contributed by atoms with Crippen LogP contribution in [-0.2, 0) is 19.1 Å². The van der Waals surface area contributed by atoms with Crippen LogP contribution in [0, 0.1) is 0 Å². The van der Waals surface area contributed by atoms with Gasteiger partial charge in [-0.3, -0.25) is 9.59 Å². The molecule has 0 heterocycles. The van der Waals surface area contributed by atoms with Crippen molar-refractivity contribution in [1.82, 2.24) is 0 Å². The Bertz CT molecular complexity index is 359. The molecule has 1 aromatic rings. The molecule has 0 aromatic heterocycles. The van der Waals surface area contributed by atoms with Crippen molar-refractivity contribution in [3.8, 4) is 11.5 Å². The molecule has 98 valence electrons. The molecule has 0 saturated heterocycles. The summed E-state index contributed by atoms with van der Waals surface area (Å²) in [4.78, 5) is 21.0. The van der Waals surface area contributed by atoms with Gasteiger partial charge in [-0.15, -0.1) is 0 Å². The quantitative estimate of drug-likeness (QED) is 0.565. The molecule has 1 aromatic carbocycles. The Morgan fingerprint density at radius 3 is 1.44 bits per heavy atom. The normalized spacial score (nSPS) is 9.44. The van der Waals surface area contributed by atoms with Crippen molar-refractivity contribution in [1.29, 1.82) is 0 Å². The van der Waals surface area contributed by atoms with Crippen LogP contribution in [0.2, 0.25) is 0 Å². The lowest BCUT2D eigenvalue weighted by Crippen LogP contribution is -2.07. The molecule has 0 N–H and O–H groups in total. The van der Waals surface area contributed by atoms with Crippen LogP contribution >= 0.6 is 0 Å². The minimum atomic E-state index is -0.406. The molecular formula is C12H14O6. The zero-order valence-electron chi connectivity index (χ0n) is 10.2. The van der Waals surface area contributed by atoms with Gasteiger partial charge in [0.25, 0.3) is 0 Å². The second kappa shape index (κ2) is 7.16. The molecule has 0 fully saturated rings. The van der Waals surface area contributed by atoms with Crippen molar-refractivity contribution in [3.63, 3.8) is 0 Å². The van der Waals surface area contributed by atoms with Crippen LogP contribution in [0.4, 0.5) is 0 Å². The Labute approximate surface area is 104 Å². The van der Waals surface area contributed by atoms with Gasteiger partial charge in [0, 0.05) is 13.8 Å². The van der Waals surface area contributed by atoms with Crippen molar-refractivity contribution < 1.29 is 28.5 Å². The van der Waals surface area contributed by atoms with Gasteiger partial charge in [-0.25, -0.2) is 0 Å². The molecule has 0 saturated carbocycles. The molecule has 0 aliphatic rings. The van der Waals surface area contributed by atoms with E-state index in [1.54, 1.807) is 24.3 Å². The van der Waals surface area contributed by atoms with Gasteiger partial charge in [0.15, 0.2) is 0 Å². The Morgan fingerprint density at radius 1 is 0.833 bits per heavy atom. The monoisotopic (exact) mass is 254 g/mol. The van der Waals surface area contributed by atoms with Gasteiger partial charge < -0.3 is 18.9 Å². The van der Waals surface area contributed by atoms with Gasteiger partial charge in [0.1, 0.15) is 11.5 Å². The first kappa shape index (κ1) is 13.8. The standard InChI is InChI=1S/C12H14O6/c1-9(13)15-7-17-11-3-5-12(6-4-11)18-8-16-10(2)14/h3-6H,7-8H2,1-2H3. The maximum absolute atomic E-state index is 10.5. The Morgan fingerprint density at radius 2 is 1.17 bits per heavy atom. The van der Waals surface area contributed by atoms with E-state index in [9.17, 15) is 9.59 Å². The minimum Gasteiger partial charge on any atom is -0.457 e. The summed E-state index contributed by atoms with van der Waals surface area (Å²) in [5.74, 6) is 0.264. The molecule has 0 unspecified atom stereocenters. The van der Waals surface area contributed by atoms with E-state index in [0.29, 0.717) is 11.5 Å². The second-order valence-electron chi connectivity index (χ2n) is 3.27. The van der Waals surface area contributed by atoms with E-state index < -0.39 is 11.9 Å². The van der Waals surface area contributed by atoms with Crippen LogP contribution in [0.5, 0.6) is 11.5 Å². The highest BCUT2D eigenvalue weighted by Crippen LogP contribution is 2.17. The number of hydrogen-bond acceptors (Lipinski definition) is 6. The van der Waals surface area contributed by atoms with Gasteiger partial charge in [0.05, 0.1) is 0 Å². The van der Waals surface area contributed by atoms with Crippen LogP contribution < -0.4 is 9.47 Å². The van der Waals surface area contributed by atoms with Crippen molar-refractivity contribution in [2.75, 3.05) is 13.6 Å². The number of ether oxygens (including phenoxy) is 4. The summed E-state index contributed by atoms with van der Waals surface area (Å²) in [5, 5.41) is 0. The van der Waals surface area contributed by atoms with Crippen LogP contribution in [0.15, 0.2) is 24.3 Å². The van der Waals surface area contributed by atoms with Crippen LogP contribution in [0.25, 0.3) is 0 Å². The molecule has 0 radical (unpaired) electrons. The smallest absolute Gasteiger partial charge is 0.305 e. The minimum absolute atomic E-state index is 0.136. The first-order chi connectivity index (χ1) is 8.58. The van der Waals surface area contributed by atoms with Crippen molar-refractivity contribution in [2.24, 2.45) is 0 Å². The number of benzene rings is 1. The zero-order valence-corrected chi connectivity index (χ0v) is 10.2. The number of hydrogen-bond donors (Lipinski definition) is 0. The summed E-state index contributed by atoms with van der Waals surface area (Å²) >= 11 is 0. The van der Waals surface area contributed by atoms with Gasteiger partial charge in [0.2, 0.25) is 13.6 Å². The van der Waals surface area contributed by atoms with E-state index in [1.807, 2.05) is 0 Å². The fourth-order valence-electron chi connectivity index (χ4n) is 0.993. The summed E-state index contributed by atoms with van der Waals surface area (Å²) < 4.78 is 19.5. The van der Waals surface area contributed by atoms with Crippen molar-refractivity contribution >= 4 is 11.9 Å². The molecule has 6 heteroatoms. The molecule has 0 atom stereocenters. The van der Waals surface area contributed by atoms with Gasteiger partial charge in [-0.2, -0.15) is 0 Å². The number of carbonyl (C=O) groups is 2. The van der Waals surface area contributed by atoms with E-state index in [-0.39, 0.29) is 13.6 Å². The predicted molar refractivity (Wildman–Crippen MR) is 61.0 cm³/mol. The third-order valence-corrected chi connectivity index (χ3v) is 1.80. The summed E-state index contributed by atoms with van der Waals surface area (Å²) in [6.45, 7) is 2.33. The van der Waals surface area contributed by atoms with Gasteiger partial charge in [-0.1, -0.05) is 0 Å². The van der Waals surface area contributed by atoms with Crippen LogP contribution in [0.3, 0.4) is 0 Å². The lowest BCUT2D eigenvalue weighted by molar-refractivity contribution is -0.148. The van der Waals surface area contributed by atoms with Gasteiger partial charge >= 0.3 is 11.9 Å². The topological polar surface area (TPSA) is 71.1 Å². The molecule has 6 nitrogen and oxygen atoms in total. The first-order valence-corrected chi connectivity index (χ1v) is 5.20. The van der Waals surface area contributed by atoms with E-state index in [2.05, 4.69) is 9.47 Å². The molecule has 18 heavy (non-hydrogen) atoms. The van der Waals surface area contributed by atoms with E-state index >= 15 is 0 Å². The van der Waals surface area contributed by atoms with Crippen LogP contribution in [-0.4, -0.2) is 25.5 Å². The first-order valence-electron chi connectivity index (χ1n) is 5.20. The highest BCUT2D eigenvalue weighted by Gasteiger charge is 1.98. The van der Waals surface area contributed by atoms with Crippen molar-refractivity contribution in [3.05, 3.63) is 24.3 Å². The number of esters is 2. The fraction of sp³-hybridized carbons (Fsp3) is 0.333. The molecule has 0 spiro atoms. The molecule has 0 aliphatic carbocycles. The third-order valence-electron chi connectivity index (χ3n) is 1.80. The Kier molecular flexibility index (Phi) is 5.50. The molecule has 0 bridgehead atoms. The Balaban J connectivity index is 2.33. The van der Waals surface area contributed by atoms with Crippen molar-refractivity contribution in [2.45, 2.75) is 13.8 Å². The highest BCUT2D eigenvalue weighted by molar-refractivity contribution is 5.66. The summed E-state index contributed by atoms with van der Waals surface area (Å²) in [6.07, 6.45) is 0.